The third kappa shape index (κ3) is 3.55. The van der Waals surface area contributed by atoms with Crippen molar-refractivity contribution in [2.45, 2.75) is 19.4 Å². The Balaban J connectivity index is 1.67. The molecule has 0 unspecified atom stereocenters. The Morgan fingerprint density at radius 3 is 2.52 bits per heavy atom. The number of hydrogen-bond acceptors (Lipinski definition) is 5. The first-order chi connectivity index (χ1) is 12.0. The number of carbonyl (C=O) groups is 3. The molecule has 0 spiro atoms. The first-order valence-corrected chi connectivity index (χ1v) is 9.09. The molecule has 134 valence electrons. The number of carbonyl (C=O) groups excluding carboxylic acids is 3. The highest BCUT2D eigenvalue weighted by Crippen LogP contribution is 2.31. The number of anilines is 1. The lowest BCUT2D eigenvalue weighted by Gasteiger charge is -2.36. The van der Waals surface area contributed by atoms with Gasteiger partial charge in [0.2, 0.25) is 5.91 Å². The van der Waals surface area contributed by atoms with E-state index >= 15 is 0 Å². The summed E-state index contributed by atoms with van der Waals surface area (Å²) in [5, 5.41) is 0. The minimum Gasteiger partial charge on any atom is -0.450 e. The van der Waals surface area contributed by atoms with Gasteiger partial charge in [-0.25, -0.2) is 9.69 Å². The number of ether oxygens (including phenoxy) is 1. The second kappa shape index (κ2) is 7.53. The highest BCUT2D eigenvalue weighted by atomic mass is 79.9. The molecule has 2 saturated heterocycles. The number of benzene rings is 1. The van der Waals surface area contributed by atoms with E-state index < -0.39 is 6.04 Å². The van der Waals surface area contributed by atoms with Crippen molar-refractivity contribution in [3.8, 4) is 0 Å². The Kier molecular flexibility index (Phi) is 5.39. The van der Waals surface area contributed by atoms with Crippen LogP contribution in [-0.4, -0.2) is 66.5 Å². The summed E-state index contributed by atoms with van der Waals surface area (Å²) < 4.78 is 5.71. The van der Waals surface area contributed by atoms with Gasteiger partial charge >= 0.3 is 6.09 Å². The number of nitrogens with zero attached hydrogens (tertiary/aromatic N) is 3. The van der Waals surface area contributed by atoms with Gasteiger partial charge in [-0.15, -0.1) is 0 Å². The molecule has 0 saturated carbocycles. The molecule has 3 rings (SSSR count). The fourth-order valence-electron chi connectivity index (χ4n) is 3.22. The van der Waals surface area contributed by atoms with Crippen LogP contribution in [-0.2, 0) is 14.3 Å². The smallest absolute Gasteiger partial charge is 0.409 e. The van der Waals surface area contributed by atoms with Crippen LogP contribution in [0.25, 0.3) is 0 Å². The highest BCUT2D eigenvalue weighted by Gasteiger charge is 2.44. The number of hydrogen-bond donors (Lipinski definition) is 0. The molecule has 0 radical (unpaired) electrons. The summed E-state index contributed by atoms with van der Waals surface area (Å²) in [6.07, 6.45) is -0.162. The lowest BCUT2D eigenvalue weighted by Crippen LogP contribution is -2.54. The van der Waals surface area contributed by atoms with E-state index in [1.54, 1.807) is 30.0 Å². The maximum Gasteiger partial charge on any atom is 0.409 e. The second-order valence-corrected chi connectivity index (χ2v) is 6.81. The Morgan fingerprint density at radius 1 is 1.20 bits per heavy atom. The van der Waals surface area contributed by atoms with Gasteiger partial charge in [0.05, 0.1) is 24.8 Å². The van der Waals surface area contributed by atoms with Crippen molar-refractivity contribution in [1.29, 1.82) is 0 Å². The van der Waals surface area contributed by atoms with Crippen LogP contribution in [0.3, 0.4) is 0 Å². The standard InChI is InChI=1S/C17H20BrN3O4/c1-2-25-17(24)20-9-7-19(8-10-20)14-11-15(22)21(16(14)23)13-6-4-3-5-12(13)18/h3-6,14H,2,7-11H2,1H3/t14-/m1/s1. The zero-order valence-electron chi connectivity index (χ0n) is 14.0. The Morgan fingerprint density at radius 2 is 1.88 bits per heavy atom. The molecule has 2 heterocycles. The summed E-state index contributed by atoms with van der Waals surface area (Å²) in [5.41, 5.74) is 0.574. The zero-order chi connectivity index (χ0) is 18.0. The van der Waals surface area contributed by atoms with Crippen LogP contribution in [0.5, 0.6) is 0 Å². The number of halogens is 1. The van der Waals surface area contributed by atoms with Gasteiger partial charge in [-0.2, -0.15) is 0 Å². The van der Waals surface area contributed by atoms with Crippen molar-refractivity contribution in [1.82, 2.24) is 9.80 Å². The van der Waals surface area contributed by atoms with Crippen LogP contribution in [0.15, 0.2) is 28.7 Å². The molecular formula is C17H20BrN3O4. The normalized spacial score (nSPS) is 21.8. The number of rotatable bonds is 3. The molecule has 0 bridgehead atoms. The first kappa shape index (κ1) is 17.9. The van der Waals surface area contributed by atoms with Crippen LogP contribution >= 0.6 is 15.9 Å². The molecule has 8 heteroatoms. The third-order valence-corrected chi connectivity index (χ3v) is 5.17. The van der Waals surface area contributed by atoms with Gasteiger partial charge in [-0.05, 0) is 35.0 Å². The monoisotopic (exact) mass is 409 g/mol. The largest absolute Gasteiger partial charge is 0.450 e. The quantitative estimate of drug-likeness (QED) is 0.712. The molecule has 2 aliphatic rings. The van der Waals surface area contributed by atoms with Gasteiger partial charge in [-0.3, -0.25) is 14.5 Å². The van der Waals surface area contributed by atoms with Crippen molar-refractivity contribution >= 4 is 39.5 Å². The molecule has 0 aliphatic carbocycles. The molecule has 3 amide bonds. The summed E-state index contributed by atoms with van der Waals surface area (Å²) in [6, 6.07) is 6.72. The van der Waals surface area contributed by atoms with Crippen LogP contribution < -0.4 is 4.90 Å². The average molecular weight is 410 g/mol. The molecule has 2 fully saturated rings. The Bertz CT molecular complexity index is 688. The van der Waals surface area contributed by atoms with Crippen LogP contribution in [0, 0.1) is 0 Å². The lowest BCUT2D eigenvalue weighted by atomic mass is 10.2. The molecule has 25 heavy (non-hydrogen) atoms. The Labute approximate surface area is 154 Å². The minimum absolute atomic E-state index is 0.166. The molecular weight excluding hydrogens is 390 g/mol. The number of amides is 3. The van der Waals surface area contributed by atoms with Gasteiger partial charge in [0, 0.05) is 30.7 Å². The van der Waals surface area contributed by atoms with Crippen molar-refractivity contribution in [2.24, 2.45) is 0 Å². The molecule has 2 aliphatic heterocycles. The third-order valence-electron chi connectivity index (χ3n) is 4.50. The van der Waals surface area contributed by atoms with Crippen LogP contribution in [0.4, 0.5) is 10.5 Å². The van der Waals surface area contributed by atoms with Crippen molar-refractivity contribution < 1.29 is 19.1 Å². The van der Waals surface area contributed by atoms with Crippen molar-refractivity contribution in [3.63, 3.8) is 0 Å². The van der Waals surface area contributed by atoms with E-state index in [9.17, 15) is 14.4 Å². The first-order valence-electron chi connectivity index (χ1n) is 8.30. The van der Waals surface area contributed by atoms with E-state index in [1.165, 1.54) is 4.90 Å². The molecule has 1 atom stereocenters. The highest BCUT2D eigenvalue weighted by molar-refractivity contribution is 9.10. The van der Waals surface area contributed by atoms with Crippen molar-refractivity contribution in [3.05, 3.63) is 28.7 Å². The summed E-state index contributed by atoms with van der Waals surface area (Å²) in [6.45, 7) is 4.19. The topological polar surface area (TPSA) is 70.2 Å². The fourth-order valence-corrected chi connectivity index (χ4v) is 3.68. The van der Waals surface area contributed by atoms with E-state index in [0.717, 1.165) is 0 Å². The van der Waals surface area contributed by atoms with Gasteiger partial charge in [-0.1, -0.05) is 12.1 Å². The van der Waals surface area contributed by atoms with Crippen LogP contribution in [0.1, 0.15) is 13.3 Å². The summed E-state index contributed by atoms with van der Waals surface area (Å²) in [4.78, 5) is 41.9. The van der Waals surface area contributed by atoms with Gasteiger partial charge in [0.15, 0.2) is 0 Å². The SMILES string of the molecule is CCOC(=O)N1CCN([C@@H]2CC(=O)N(c3ccccc3Br)C2=O)CC1. The minimum atomic E-state index is -0.469. The number of piperazine rings is 1. The summed E-state index contributed by atoms with van der Waals surface area (Å²) in [5.74, 6) is -0.406. The van der Waals surface area contributed by atoms with E-state index in [1.807, 2.05) is 11.0 Å². The predicted octanol–water partition coefficient (Wildman–Crippen LogP) is 1.86. The molecule has 0 N–H and O–H groups in total. The van der Waals surface area contributed by atoms with E-state index in [0.29, 0.717) is 42.9 Å². The molecule has 7 nitrogen and oxygen atoms in total. The van der Waals surface area contributed by atoms with Gasteiger partial charge in [0.25, 0.3) is 5.91 Å². The number of imide groups is 1. The van der Waals surface area contributed by atoms with E-state index in [4.69, 9.17) is 4.74 Å². The van der Waals surface area contributed by atoms with Gasteiger partial charge < -0.3 is 9.64 Å². The molecule has 1 aromatic rings. The molecule has 1 aromatic carbocycles. The van der Waals surface area contributed by atoms with Gasteiger partial charge in [0.1, 0.15) is 0 Å². The maximum atomic E-state index is 12.8. The van der Waals surface area contributed by atoms with E-state index in [-0.39, 0.29) is 24.3 Å². The average Bonchev–Trinajstić information content (AvgIpc) is 2.90. The van der Waals surface area contributed by atoms with Crippen molar-refractivity contribution in [2.75, 3.05) is 37.7 Å². The maximum absolute atomic E-state index is 12.8. The summed E-state index contributed by atoms with van der Waals surface area (Å²) in [7, 11) is 0. The second-order valence-electron chi connectivity index (χ2n) is 5.96. The fraction of sp³-hybridized carbons (Fsp3) is 0.471. The number of para-hydroxylation sites is 1. The predicted molar refractivity (Wildman–Crippen MR) is 95.2 cm³/mol. The lowest BCUT2D eigenvalue weighted by molar-refractivity contribution is -0.123. The Hall–Kier alpha value is -1.93. The molecule has 0 aromatic heterocycles. The van der Waals surface area contributed by atoms with E-state index in [2.05, 4.69) is 15.9 Å². The van der Waals surface area contributed by atoms with Crippen LogP contribution in [0.2, 0.25) is 0 Å². The summed E-state index contributed by atoms with van der Waals surface area (Å²) >= 11 is 3.40. The zero-order valence-corrected chi connectivity index (χ0v) is 15.6.